The lowest BCUT2D eigenvalue weighted by Crippen LogP contribution is -2.25. The van der Waals surface area contributed by atoms with Gasteiger partial charge in [-0.2, -0.15) is 15.8 Å². The number of esters is 1. The molecule has 5 nitrogen and oxygen atoms in total. The van der Waals surface area contributed by atoms with Gasteiger partial charge in [0.25, 0.3) is 0 Å². The summed E-state index contributed by atoms with van der Waals surface area (Å²) in [6.07, 6.45) is 0. The fourth-order valence-corrected chi connectivity index (χ4v) is 2.26. The molecule has 0 aliphatic heterocycles. The van der Waals surface area contributed by atoms with Crippen LogP contribution in [0, 0.1) is 50.2 Å². The molecule has 16 heavy (non-hydrogen) atoms. The molecule has 0 aromatic heterocycles. The topological polar surface area (TPSA) is 97.7 Å². The molecule has 0 N–H and O–H groups in total. The number of nitriles is 3. The largest absolute Gasteiger partial charge is 0.465 e. The monoisotopic (exact) mass is 217 g/mol. The van der Waals surface area contributed by atoms with E-state index in [2.05, 4.69) is 0 Å². The molecule has 0 bridgehead atoms. The van der Waals surface area contributed by atoms with Crippen LogP contribution >= 0.6 is 0 Å². The quantitative estimate of drug-likeness (QED) is 0.646. The molecule has 1 aliphatic rings. The van der Waals surface area contributed by atoms with Gasteiger partial charge < -0.3 is 4.74 Å². The number of carbonyl (C=O) groups is 1. The Kier molecular flexibility index (Phi) is 2.42. The lowest BCUT2D eigenvalue weighted by Gasteiger charge is -2.08. The van der Waals surface area contributed by atoms with Crippen LogP contribution in [0.15, 0.2) is 0 Å². The van der Waals surface area contributed by atoms with Gasteiger partial charge >= 0.3 is 5.97 Å². The minimum absolute atomic E-state index is 0.116. The summed E-state index contributed by atoms with van der Waals surface area (Å²) in [7, 11) is 0. The first-order valence-electron chi connectivity index (χ1n) is 4.82. The van der Waals surface area contributed by atoms with Crippen molar-refractivity contribution in [3.63, 3.8) is 0 Å². The minimum atomic E-state index is -1.67. The zero-order valence-corrected chi connectivity index (χ0v) is 9.37. The summed E-state index contributed by atoms with van der Waals surface area (Å²) >= 11 is 0. The summed E-state index contributed by atoms with van der Waals surface area (Å²) in [6, 6.07) is 5.38. The molecule has 0 amide bonds. The second-order valence-electron chi connectivity index (χ2n) is 4.18. The highest BCUT2D eigenvalue weighted by molar-refractivity contribution is 5.90. The summed E-state index contributed by atoms with van der Waals surface area (Å²) in [5.74, 6) is -0.786. The van der Waals surface area contributed by atoms with Gasteiger partial charge in [-0.15, -0.1) is 0 Å². The second-order valence-corrected chi connectivity index (χ2v) is 4.18. The predicted octanol–water partition coefficient (Wildman–Crippen LogP) is 1.13. The molecule has 0 aromatic rings. The van der Waals surface area contributed by atoms with Gasteiger partial charge in [-0.3, -0.25) is 4.79 Å². The Morgan fingerprint density at radius 3 is 1.94 bits per heavy atom. The molecule has 0 saturated heterocycles. The Morgan fingerprint density at radius 2 is 1.69 bits per heavy atom. The average Bonchev–Trinajstić information content (AvgIpc) is 2.70. The zero-order valence-electron chi connectivity index (χ0n) is 9.37. The third-order valence-electron chi connectivity index (χ3n) is 3.46. The van der Waals surface area contributed by atoms with Crippen molar-refractivity contribution in [3.8, 4) is 18.2 Å². The summed E-state index contributed by atoms with van der Waals surface area (Å²) in [6.45, 7) is 4.84. The van der Waals surface area contributed by atoms with Crippen molar-refractivity contribution >= 4 is 5.97 Å². The van der Waals surface area contributed by atoms with Crippen molar-refractivity contribution in [3.05, 3.63) is 0 Å². The number of rotatable bonds is 2. The zero-order chi connectivity index (χ0) is 12.6. The minimum Gasteiger partial charge on any atom is -0.465 e. The Labute approximate surface area is 93.8 Å². The summed E-state index contributed by atoms with van der Waals surface area (Å²) in [5.41, 5.74) is -4.29. The van der Waals surface area contributed by atoms with Crippen molar-refractivity contribution < 1.29 is 9.53 Å². The Balaban J connectivity index is 3.33. The van der Waals surface area contributed by atoms with Crippen LogP contribution in [-0.2, 0) is 9.53 Å². The maximum atomic E-state index is 11.8. The fraction of sp³-hybridized carbons (Fsp3) is 0.636. The maximum Gasteiger partial charge on any atom is 0.329 e. The predicted molar refractivity (Wildman–Crippen MR) is 52.1 cm³/mol. The smallest absolute Gasteiger partial charge is 0.329 e. The summed E-state index contributed by atoms with van der Waals surface area (Å²) in [5, 5.41) is 27.2. The van der Waals surface area contributed by atoms with E-state index >= 15 is 0 Å². The highest BCUT2D eigenvalue weighted by atomic mass is 16.5. The molecule has 5 heteroatoms. The van der Waals surface area contributed by atoms with Gasteiger partial charge in [0.05, 0.1) is 24.8 Å². The Morgan fingerprint density at radius 1 is 1.19 bits per heavy atom. The number of nitrogens with zero attached hydrogens (tertiary/aromatic N) is 3. The highest BCUT2D eigenvalue weighted by Crippen LogP contribution is 2.77. The first-order valence-corrected chi connectivity index (χ1v) is 4.82. The number of hydrogen-bond acceptors (Lipinski definition) is 5. The maximum absolute atomic E-state index is 11.8. The molecule has 1 fully saturated rings. The van der Waals surface area contributed by atoms with E-state index in [9.17, 15) is 4.79 Å². The van der Waals surface area contributed by atoms with Crippen LogP contribution in [0.5, 0.6) is 0 Å². The fourth-order valence-electron chi connectivity index (χ4n) is 2.26. The molecule has 0 spiro atoms. The van der Waals surface area contributed by atoms with E-state index in [1.54, 1.807) is 39.0 Å². The first kappa shape index (κ1) is 12.0. The van der Waals surface area contributed by atoms with Gasteiger partial charge in [0.1, 0.15) is 0 Å². The van der Waals surface area contributed by atoms with Crippen molar-refractivity contribution in [1.29, 1.82) is 15.8 Å². The second kappa shape index (κ2) is 3.22. The molecule has 1 aliphatic carbocycles. The molecule has 0 heterocycles. The van der Waals surface area contributed by atoms with E-state index in [1.807, 2.05) is 0 Å². The van der Waals surface area contributed by atoms with Gasteiger partial charge in [-0.05, 0) is 6.92 Å². The standard InChI is InChI=1S/C11H11N3O2/c1-4-16-8(15)11(7-14)9(2,3)10(11,5-12)6-13/h4H2,1-3H3/t11-/m0/s1. The lowest BCUT2D eigenvalue weighted by atomic mass is 9.96. The number of hydrogen-bond donors (Lipinski definition) is 0. The molecule has 0 unspecified atom stereocenters. The van der Waals surface area contributed by atoms with E-state index in [4.69, 9.17) is 20.5 Å². The molecule has 0 radical (unpaired) electrons. The van der Waals surface area contributed by atoms with Crippen molar-refractivity contribution in [2.24, 2.45) is 16.2 Å². The van der Waals surface area contributed by atoms with Crippen molar-refractivity contribution in [2.75, 3.05) is 6.61 Å². The SMILES string of the molecule is CCOC(=O)[C@@]1(C#N)C(C)(C)C1(C#N)C#N. The highest BCUT2D eigenvalue weighted by Gasteiger charge is 2.90. The molecular weight excluding hydrogens is 206 g/mol. The summed E-state index contributed by atoms with van der Waals surface area (Å²) < 4.78 is 4.79. The van der Waals surface area contributed by atoms with Gasteiger partial charge in [0, 0.05) is 5.41 Å². The van der Waals surface area contributed by atoms with Crippen LogP contribution in [-0.4, -0.2) is 12.6 Å². The average molecular weight is 217 g/mol. The Bertz CT molecular complexity index is 447. The third-order valence-corrected chi connectivity index (χ3v) is 3.46. The van der Waals surface area contributed by atoms with Gasteiger partial charge in [-0.25, -0.2) is 0 Å². The van der Waals surface area contributed by atoms with Crippen LogP contribution in [0.2, 0.25) is 0 Å². The van der Waals surface area contributed by atoms with E-state index in [0.29, 0.717) is 0 Å². The lowest BCUT2D eigenvalue weighted by molar-refractivity contribution is -0.149. The van der Waals surface area contributed by atoms with E-state index in [-0.39, 0.29) is 6.61 Å². The normalized spacial score (nSPS) is 28.0. The molecule has 1 saturated carbocycles. The molecule has 1 atom stereocenters. The van der Waals surface area contributed by atoms with E-state index in [1.165, 1.54) is 0 Å². The van der Waals surface area contributed by atoms with E-state index in [0.717, 1.165) is 0 Å². The number of carbonyl (C=O) groups excluding carboxylic acids is 1. The van der Waals surface area contributed by atoms with Gasteiger partial charge in [0.15, 0.2) is 10.8 Å². The summed E-state index contributed by atoms with van der Waals surface area (Å²) in [4.78, 5) is 11.8. The Hall–Kier alpha value is -2.06. The van der Waals surface area contributed by atoms with Crippen LogP contribution < -0.4 is 0 Å². The first-order chi connectivity index (χ1) is 7.41. The molecular formula is C11H11N3O2. The molecule has 82 valence electrons. The van der Waals surface area contributed by atoms with Crippen LogP contribution in [0.1, 0.15) is 20.8 Å². The molecule has 0 aromatic carbocycles. The van der Waals surface area contributed by atoms with Crippen LogP contribution in [0.25, 0.3) is 0 Å². The van der Waals surface area contributed by atoms with Gasteiger partial charge in [0.2, 0.25) is 0 Å². The van der Waals surface area contributed by atoms with Crippen molar-refractivity contribution in [1.82, 2.24) is 0 Å². The molecule has 1 rings (SSSR count). The third kappa shape index (κ3) is 0.853. The van der Waals surface area contributed by atoms with E-state index < -0.39 is 22.2 Å². The van der Waals surface area contributed by atoms with Gasteiger partial charge in [-0.1, -0.05) is 13.8 Å². The van der Waals surface area contributed by atoms with Crippen LogP contribution in [0.3, 0.4) is 0 Å². The van der Waals surface area contributed by atoms with Crippen molar-refractivity contribution in [2.45, 2.75) is 20.8 Å². The number of ether oxygens (including phenoxy) is 1. The van der Waals surface area contributed by atoms with Crippen LogP contribution in [0.4, 0.5) is 0 Å².